The van der Waals surface area contributed by atoms with Gasteiger partial charge in [0.1, 0.15) is 0 Å². The van der Waals surface area contributed by atoms with Crippen LogP contribution in [-0.4, -0.2) is 0 Å². The average Bonchev–Trinajstić information content (AvgIpc) is 1.50. The van der Waals surface area contributed by atoms with E-state index in [1.54, 1.807) is 13.8 Å². The van der Waals surface area contributed by atoms with Gasteiger partial charge in [0.05, 0.1) is 0 Å². The van der Waals surface area contributed by atoms with Gasteiger partial charge < -0.3 is 21.3 Å². The van der Waals surface area contributed by atoms with E-state index in [2.05, 4.69) is 13.8 Å². The van der Waals surface area contributed by atoms with Gasteiger partial charge in [0.15, 0.2) is 0 Å². The Hall–Kier alpha value is 1.10. The molecule has 36 valence electrons. The average molecular weight is 162 g/mol. The minimum absolute atomic E-state index is 0. The van der Waals surface area contributed by atoms with Crippen molar-refractivity contribution in [3.05, 3.63) is 21.3 Å². The molecule has 0 atom stereocenters. The molecule has 0 rings (SSSR count). The molecule has 0 fully saturated rings. The second kappa shape index (κ2) is 130. The van der Waals surface area contributed by atoms with E-state index in [-0.39, 0.29) is 40.1 Å². The largest absolute Gasteiger partial charge is 3.00 e. The molecule has 0 nitrogen and oxygen atoms in total. The van der Waals surface area contributed by atoms with Crippen LogP contribution in [-0.2, 0) is 32.7 Å². The Morgan fingerprint density at radius 3 is 0.833 bits per heavy atom. The van der Waals surface area contributed by atoms with Crippen LogP contribution in [0.2, 0.25) is 0 Å². The van der Waals surface area contributed by atoms with Crippen LogP contribution in [0.5, 0.6) is 0 Å². The van der Waals surface area contributed by atoms with E-state index in [1.807, 2.05) is 0 Å². The van der Waals surface area contributed by atoms with Crippen LogP contribution in [0, 0.1) is 21.3 Å². The van der Waals surface area contributed by atoms with Gasteiger partial charge in [-0.15, -0.1) is 0 Å². The Balaban J connectivity index is -0.00000000500. The molecule has 0 aromatic carbocycles. The summed E-state index contributed by atoms with van der Waals surface area (Å²) in [5, 5.41) is 0. The predicted octanol–water partition coefficient (Wildman–Crippen LogP) is 2.13. The second-order valence-electron chi connectivity index (χ2n) is 0. The maximum Gasteiger partial charge on any atom is 3.00 e. The van der Waals surface area contributed by atoms with Crippen LogP contribution < -0.4 is 0 Å². The molecule has 0 aliphatic heterocycles. The van der Waals surface area contributed by atoms with E-state index in [4.69, 9.17) is 0 Å². The minimum Gasteiger partial charge on any atom is -0.358 e. The third-order valence-electron chi connectivity index (χ3n) is 0. The molecule has 0 radical (unpaired) electrons. The van der Waals surface area contributed by atoms with Crippen LogP contribution in [0.3, 0.4) is 0 Å². The summed E-state index contributed by atoms with van der Waals surface area (Å²) < 4.78 is 0. The van der Waals surface area contributed by atoms with Gasteiger partial charge in [0.2, 0.25) is 0 Å². The van der Waals surface area contributed by atoms with Crippen molar-refractivity contribution in [2.45, 2.75) is 13.8 Å². The molecule has 0 aromatic heterocycles. The summed E-state index contributed by atoms with van der Waals surface area (Å²) in [6.07, 6.45) is 0. The van der Waals surface area contributed by atoms with E-state index in [1.165, 1.54) is 0 Å². The van der Waals surface area contributed by atoms with Gasteiger partial charge in [0, 0.05) is 0 Å². The first-order valence-corrected chi connectivity index (χ1v) is 1.41. The molecular weight excluding hydrogens is 149 g/mol. The quantitative estimate of drug-likeness (QED) is 0.478. The zero-order valence-electron chi connectivity index (χ0n) is 4.99. The molecule has 0 N–H and O–H groups in total. The topological polar surface area (TPSA) is 0 Å². The predicted molar refractivity (Wildman–Crippen MR) is 28.5 cm³/mol. The third-order valence-corrected chi connectivity index (χ3v) is 0. The third kappa shape index (κ3) is 70.5. The van der Waals surface area contributed by atoms with E-state index < -0.39 is 0 Å². The van der Waals surface area contributed by atoms with Crippen molar-refractivity contribution in [2.24, 2.45) is 0 Å². The molecule has 0 aromatic rings. The van der Waals surface area contributed by atoms with Gasteiger partial charge >= 0.3 is 32.7 Å². The van der Waals surface area contributed by atoms with Gasteiger partial charge in [-0.25, -0.2) is 0 Å². The molecule has 0 saturated heterocycles. The second-order valence-corrected chi connectivity index (χ2v) is 0. The van der Waals surface area contributed by atoms with E-state index in [0.717, 1.165) is 0 Å². The Kier molecular flexibility index (Phi) is 597. The fraction of sp³-hybridized carbons (Fsp3) is 0.400. The summed E-state index contributed by atoms with van der Waals surface area (Å²) in [4.78, 5) is 0. The van der Waals surface area contributed by atoms with Gasteiger partial charge in [-0.3, -0.25) is 0 Å². The van der Waals surface area contributed by atoms with E-state index in [9.17, 15) is 0 Å². The molecule has 0 bridgehead atoms. The van der Waals surface area contributed by atoms with Crippen LogP contribution >= 0.6 is 0 Å². The Labute approximate surface area is 67.6 Å². The first kappa shape index (κ1) is 27.5. The van der Waals surface area contributed by atoms with Gasteiger partial charge in [0.25, 0.3) is 0 Å². The maximum atomic E-state index is 3.25. The SMILES string of the molecule is [CH2-]C.[CH2-]C.[CH3-].[Y+3]. The molecule has 0 heterocycles. The van der Waals surface area contributed by atoms with Crippen molar-refractivity contribution in [2.75, 3.05) is 0 Å². The smallest absolute Gasteiger partial charge is 0.358 e. The molecule has 1 heteroatoms. The summed E-state index contributed by atoms with van der Waals surface area (Å²) in [5.74, 6) is 0. The molecule has 0 aliphatic carbocycles. The van der Waals surface area contributed by atoms with Gasteiger partial charge in [-0.2, -0.15) is 13.8 Å². The van der Waals surface area contributed by atoms with E-state index in [0.29, 0.717) is 0 Å². The summed E-state index contributed by atoms with van der Waals surface area (Å²) in [7, 11) is 0. The van der Waals surface area contributed by atoms with Crippen molar-refractivity contribution >= 4 is 0 Å². The van der Waals surface area contributed by atoms with Crippen molar-refractivity contribution in [3.63, 3.8) is 0 Å². The summed E-state index contributed by atoms with van der Waals surface area (Å²) >= 11 is 0. The monoisotopic (exact) mass is 162 g/mol. The van der Waals surface area contributed by atoms with Crippen LogP contribution in [0.4, 0.5) is 0 Å². The maximum absolute atomic E-state index is 3.25. The van der Waals surface area contributed by atoms with Crippen molar-refractivity contribution in [1.29, 1.82) is 0 Å². The van der Waals surface area contributed by atoms with E-state index >= 15 is 0 Å². The molecule has 0 unspecified atom stereocenters. The van der Waals surface area contributed by atoms with Crippen LogP contribution in [0.15, 0.2) is 0 Å². The normalized spacial score (nSPS) is 2.00. The van der Waals surface area contributed by atoms with Crippen molar-refractivity contribution < 1.29 is 32.7 Å². The summed E-state index contributed by atoms with van der Waals surface area (Å²) in [5.41, 5.74) is 0. The molecule has 6 heavy (non-hydrogen) atoms. The first-order valence-electron chi connectivity index (χ1n) is 1.41. The number of rotatable bonds is 0. The van der Waals surface area contributed by atoms with Crippen LogP contribution in [0.1, 0.15) is 13.8 Å². The Bertz CT molecular complexity index is 3.90. The molecule has 0 spiro atoms. The number of hydrogen-bond donors (Lipinski definition) is 0. The standard InChI is InChI=1S/2C2H5.CH3.Y/c2*1-2;;/h2*1H2,2H3;1H3;/q3*-1;+3. The fourth-order valence-electron chi connectivity index (χ4n) is 0. The first-order chi connectivity index (χ1) is 2.00. The zero-order valence-corrected chi connectivity index (χ0v) is 7.83. The van der Waals surface area contributed by atoms with Gasteiger partial charge in [-0.1, -0.05) is 0 Å². The summed E-state index contributed by atoms with van der Waals surface area (Å²) in [6, 6.07) is 0. The zero-order chi connectivity index (χ0) is 4.00. The summed E-state index contributed by atoms with van der Waals surface area (Å²) in [6.45, 7) is 10.0. The molecule has 0 aliphatic rings. The molecule has 0 amide bonds. The molecular formula is C5H13Y. The van der Waals surface area contributed by atoms with Crippen molar-refractivity contribution in [1.82, 2.24) is 0 Å². The van der Waals surface area contributed by atoms with Crippen molar-refractivity contribution in [3.8, 4) is 0 Å². The molecule has 0 saturated carbocycles. The minimum atomic E-state index is 0. The fourth-order valence-corrected chi connectivity index (χ4v) is 0. The Morgan fingerprint density at radius 1 is 0.833 bits per heavy atom. The number of hydrogen-bond acceptors (Lipinski definition) is 0. The Morgan fingerprint density at radius 2 is 0.833 bits per heavy atom. The van der Waals surface area contributed by atoms with Crippen LogP contribution in [0.25, 0.3) is 0 Å². The van der Waals surface area contributed by atoms with Gasteiger partial charge in [-0.05, 0) is 0 Å².